The molecule has 0 radical (unpaired) electrons. The fourth-order valence-electron chi connectivity index (χ4n) is 2.56. The topological polar surface area (TPSA) is 18.5 Å². The molecule has 3 heteroatoms. The Bertz CT molecular complexity index is 421. The molecule has 94 valence electrons. The molecular weight excluding hydrogens is 214 g/mol. The number of hydrogen-bond acceptors (Lipinski definition) is 2. The molecule has 0 aromatic heterocycles. The second-order valence-electron chi connectivity index (χ2n) is 5.78. The van der Waals surface area contributed by atoms with E-state index in [0.29, 0.717) is 5.92 Å². The Morgan fingerprint density at radius 2 is 1.71 bits per heavy atom. The second-order valence-corrected chi connectivity index (χ2v) is 5.78. The van der Waals surface area contributed by atoms with E-state index in [2.05, 4.69) is 33.3 Å². The lowest BCUT2D eigenvalue weighted by atomic mass is 9.76. The van der Waals surface area contributed by atoms with Gasteiger partial charge in [-0.3, -0.25) is 0 Å². The summed E-state index contributed by atoms with van der Waals surface area (Å²) >= 11 is 0. The number of ether oxygens (including phenoxy) is 2. The quantitative estimate of drug-likeness (QED) is 0.745. The summed E-state index contributed by atoms with van der Waals surface area (Å²) in [5.74, 6) is 2.34. The van der Waals surface area contributed by atoms with Gasteiger partial charge in [0.05, 0.1) is 41.9 Å². The van der Waals surface area contributed by atoms with Gasteiger partial charge in [0.15, 0.2) is 11.5 Å². The minimum Gasteiger partial charge on any atom is -0.493 e. The van der Waals surface area contributed by atoms with Crippen LogP contribution in [0.5, 0.6) is 11.5 Å². The minimum absolute atomic E-state index is 0.657. The van der Waals surface area contributed by atoms with Crippen molar-refractivity contribution in [3.63, 3.8) is 0 Å². The third kappa shape index (κ3) is 2.39. The lowest BCUT2D eigenvalue weighted by molar-refractivity contribution is -0.872. The Hall–Kier alpha value is -1.22. The van der Waals surface area contributed by atoms with Crippen molar-refractivity contribution >= 4 is 0 Å². The molecule has 0 saturated carbocycles. The molecule has 17 heavy (non-hydrogen) atoms. The molecule has 1 unspecified atom stereocenters. The molecule has 2 rings (SSSR count). The smallest absolute Gasteiger partial charge is 0.161 e. The van der Waals surface area contributed by atoms with Crippen molar-refractivity contribution in [1.29, 1.82) is 0 Å². The van der Waals surface area contributed by atoms with E-state index in [1.807, 2.05) is 0 Å². The van der Waals surface area contributed by atoms with Gasteiger partial charge in [-0.15, -0.1) is 0 Å². The zero-order valence-corrected chi connectivity index (χ0v) is 11.4. The molecule has 0 N–H and O–H groups in total. The van der Waals surface area contributed by atoms with Crippen molar-refractivity contribution < 1.29 is 14.0 Å². The zero-order valence-electron chi connectivity index (χ0n) is 11.4. The summed E-state index contributed by atoms with van der Waals surface area (Å²) in [6.45, 7) is 1.17. The summed E-state index contributed by atoms with van der Waals surface area (Å²) in [7, 11) is 10.1. The molecule has 1 aliphatic rings. The Labute approximate surface area is 104 Å². The van der Waals surface area contributed by atoms with E-state index in [1.165, 1.54) is 17.7 Å². The van der Waals surface area contributed by atoms with Gasteiger partial charge < -0.3 is 14.0 Å². The van der Waals surface area contributed by atoms with Gasteiger partial charge in [-0.1, -0.05) is 0 Å². The molecule has 1 aromatic carbocycles. The first-order chi connectivity index (χ1) is 7.94. The number of nitrogens with zero attached hydrogens (tertiary/aromatic N) is 1. The van der Waals surface area contributed by atoms with Crippen LogP contribution >= 0.6 is 0 Å². The average molecular weight is 236 g/mol. The maximum Gasteiger partial charge on any atom is 0.161 e. The van der Waals surface area contributed by atoms with E-state index in [4.69, 9.17) is 9.47 Å². The number of methoxy groups -OCH3 is 2. The van der Waals surface area contributed by atoms with Crippen molar-refractivity contribution in [1.82, 2.24) is 0 Å². The number of likely N-dealkylation sites (N-methyl/N-ethyl adjacent to an activating group) is 1. The van der Waals surface area contributed by atoms with Crippen LogP contribution in [-0.4, -0.2) is 46.4 Å². The van der Waals surface area contributed by atoms with Crippen LogP contribution in [0.25, 0.3) is 0 Å². The molecule has 0 bridgehead atoms. The molecule has 0 saturated heterocycles. The van der Waals surface area contributed by atoms with Gasteiger partial charge in [0, 0.05) is 5.92 Å². The molecule has 0 fully saturated rings. The third-order valence-corrected chi connectivity index (χ3v) is 3.32. The van der Waals surface area contributed by atoms with E-state index in [1.54, 1.807) is 14.2 Å². The minimum atomic E-state index is 0.657. The number of fused-ring (bicyclic) bond motifs is 1. The first-order valence-electron chi connectivity index (χ1n) is 6.00. The Kier molecular flexibility index (Phi) is 3.04. The first-order valence-corrected chi connectivity index (χ1v) is 6.00. The molecule has 0 heterocycles. The van der Waals surface area contributed by atoms with E-state index in [0.717, 1.165) is 22.4 Å². The van der Waals surface area contributed by atoms with Crippen molar-refractivity contribution in [3.05, 3.63) is 23.3 Å². The van der Waals surface area contributed by atoms with Crippen molar-refractivity contribution in [2.45, 2.75) is 12.3 Å². The van der Waals surface area contributed by atoms with Gasteiger partial charge >= 0.3 is 0 Å². The molecule has 1 aromatic rings. The Morgan fingerprint density at radius 3 is 2.24 bits per heavy atom. The number of hydrogen-bond donors (Lipinski definition) is 0. The van der Waals surface area contributed by atoms with E-state index < -0.39 is 0 Å². The Morgan fingerprint density at radius 1 is 1.12 bits per heavy atom. The largest absolute Gasteiger partial charge is 0.493 e. The summed E-state index contributed by atoms with van der Waals surface area (Å²) in [4.78, 5) is 0. The number of quaternary nitrogens is 1. The fraction of sp³-hybridized carbons (Fsp3) is 0.571. The highest BCUT2D eigenvalue weighted by molar-refractivity contribution is 5.53. The summed E-state index contributed by atoms with van der Waals surface area (Å²) in [5, 5.41) is 0. The molecule has 0 aliphatic heterocycles. The van der Waals surface area contributed by atoms with Crippen LogP contribution < -0.4 is 9.47 Å². The van der Waals surface area contributed by atoms with Crippen LogP contribution in [0.4, 0.5) is 0 Å². The van der Waals surface area contributed by atoms with Crippen molar-refractivity contribution in [2.75, 3.05) is 41.9 Å². The molecule has 0 amide bonds. The number of rotatable bonds is 4. The molecule has 1 aliphatic carbocycles. The van der Waals surface area contributed by atoms with Gasteiger partial charge in [0.25, 0.3) is 0 Å². The lowest BCUT2D eigenvalue weighted by Gasteiger charge is -2.36. The third-order valence-electron chi connectivity index (χ3n) is 3.32. The fourth-order valence-corrected chi connectivity index (χ4v) is 2.56. The van der Waals surface area contributed by atoms with Crippen LogP contribution in [-0.2, 0) is 6.42 Å². The van der Waals surface area contributed by atoms with Crippen LogP contribution in [0.3, 0.4) is 0 Å². The van der Waals surface area contributed by atoms with E-state index >= 15 is 0 Å². The lowest BCUT2D eigenvalue weighted by Crippen LogP contribution is -2.41. The van der Waals surface area contributed by atoms with Crippen LogP contribution in [0, 0.1) is 0 Å². The predicted molar refractivity (Wildman–Crippen MR) is 68.9 cm³/mol. The highest BCUT2D eigenvalue weighted by Gasteiger charge is 2.32. The summed E-state index contributed by atoms with van der Waals surface area (Å²) in [5.41, 5.74) is 2.83. The summed E-state index contributed by atoms with van der Waals surface area (Å²) in [6.07, 6.45) is 1.16. The highest BCUT2D eigenvalue weighted by atomic mass is 16.5. The van der Waals surface area contributed by atoms with Gasteiger partial charge in [-0.25, -0.2) is 0 Å². The number of benzene rings is 1. The second kappa shape index (κ2) is 4.22. The zero-order chi connectivity index (χ0) is 12.6. The van der Waals surface area contributed by atoms with Gasteiger partial charge in [0.1, 0.15) is 0 Å². The van der Waals surface area contributed by atoms with Gasteiger partial charge in [-0.05, 0) is 29.7 Å². The van der Waals surface area contributed by atoms with E-state index in [-0.39, 0.29) is 0 Å². The standard InChI is InChI=1S/C14H22NO2/c1-15(2,3)9-11-6-10-7-13(16-4)14(17-5)8-12(10)11/h7-8,11H,6,9H2,1-5H3/q+1. The van der Waals surface area contributed by atoms with Crippen LogP contribution in [0.15, 0.2) is 12.1 Å². The van der Waals surface area contributed by atoms with Crippen molar-refractivity contribution in [2.24, 2.45) is 0 Å². The average Bonchev–Trinajstić information content (AvgIpc) is 2.24. The monoisotopic (exact) mass is 236 g/mol. The Balaban J connectivity index is 2.23. The molecular formula is C14H22NO2+. The van der Waals surface area contributed by atoms with Gasteiger partial charge in [0.2, 0.25) is 0 Å². The van der Waals surface area contributed by atoms with Crippen molar-refractivity contribution in [3.8, 4) is 11.5 Å². The first kappa shape index (κ1) is 12.2. The maximum absolute atomic E-state index is 5.35. The molecule has 3 nitrogen and oxygen atoms in total. The predicted octanol–water partition coefficient (Wildman–Crippen LogP) is 2.05. The summed E-state index contributed by atoms with van der Waals surface area (Å²) < 4.78 is 11.7. The van der Waals surface area contributed by atoms with Crippen LogP contribution in [0.1, 0.15) is 17.0 Å². The molecule has 0 spiro atoms. The maximum atomic E-state index is 5.35. The normalized spacial score (nSPS) is 18.3. The highest BCUT2D eigenvalue weighted by Crippen LogP contribution is 2.42. The molecule has 1 atom stereocenters. The summed E-state index contributed by atoms with van der Waals surface area (Å²) in [6, 6.07) is 4.25. The van der Waals surface area contributed by atoms with Crippen LogP contribution in [0.2, 0.25) is 0 Å². The van der Waals surface area contributed by atoms with E-state index in [9.17, 15) is 0 Å². The SMILES string of the molecule is COc1cc2c(cc1OC)C(C[N+](C)(C)C)C2. The van der Waals surface area contributed by atoms with Gasteiger partial charge in [-0.2, -0.15) is 0 Å².